The topological polar surface area (TPSA) is 73.6 Å². The zero-order valence-corrected chi connectivity index (χ0v) is 11.7. The number of fused-ring (bicyclic) bond motifs is 1. The highest BCUT2D eigenvalue weighted by molar-refractivity contribution is 5.95. The quantitative estimate of drug-likeness (QED) is 0.848. The van der Waals surface area contributed by atoms with Gasteiger partial charge in [-0.2, -0.15) is 0 Å². The smallest absolute Gasteiger partial charge is 0.251 e. The second-order valence-electron chi connectivity index (χ2n) is 4.94. The van der Waals surface area contributed by atoms with Crippen molar-refractivity contribution in [1.29, 1.82) is 0 Å². The predicted molar refractivity (Wildman–Crippen MR) is 79.3 cm³/mol. The molecule has 0 unspecified atom stereocenters. The first-order valence-corrected chi connectivity index (χ1v) is 6.66. The van der Waals surface area contributed by atoms with Gasteiger partial charge in [-0.25, -0.2) is 0 Å². The largest absolute Gasteiger partial charge is 0.454 e. The van der Waals surface area contributed by atoms with E-state index in [0.29, 0.717) is 23.5 Å². The van der Waals surface area contributed by atoms with Crippen molar-refractivity contribution in [3.05, 3.63) is 53.1 Å². The van der Waals surface area contributed by atoms with E-state index in [1.54, 1.807) is 18.2 Å². The number of benzene rings is 2. The number of carbonyl (C=O) groups excluding carboxylic acids is 1. The van der Waals surface area contributed by atoms with Gasteiger partial charge in [0.1, 0.15) is 0 Å². The monoisotopic (exact) mass is 284 g/mol. The van der Waals surface area contributed by atoms with Gasteiger partial charge in [0.05, 0.1) is 0 Å². The van der Waals surface area contributed by atoms with Crippen LogP contribution < -0.4 is 20.5 Å². The van der Waals surface area contributed by atoms with Crippen molar-refractivity contribution in [3.8, 4) is 11.5 Å². The summed E-state index contributed by atoms with van der Waals surface area (Å²) >= 11 is 0. The van der Waals surface area contributed by atoms with Crippen molar-refractivity contribution in [2.45, 2.75) is 13.5 Å². The fraction of sp³-hybridized carbons (Fsp3) is 0.188. The Morgan fingerprint density at radius 1 is 1.19 bits per heavy atom. The van der Waals surface area contributed by atoms with E-state index in [4.69, 9.17) is 15.2 Å². The van der Waals surface area contributed by atoms with Gasteiger partial charge in [0.25, 0.3) is 5.91 Å². The van der Waals surface area contributed by atoms with Crippen LogP contribution in [0.15, 0.2) is 36.4 Å². The Morgan fingerprint density at radius 2 is 2.00 bits per heavy atom. The number of nitrogens with one attached hydrogen (secondary N) is 1. The Hall–Kier alpha value is -2.69. The van der Waals surface area contributed by atoms with Crippen LogP contribution in [0.4, 0.5) is 5.69 Å². The van der Waals surface area contributed by atoms with Gasteiger partial charge in [0, 0.05) is 17.8 Å². The van der Waals surface area contributed by atoms with Gasteiger partial charge < -0.3 is 20.5 Å². The number of nitrogens with two attached hydrogens (primary N) is 1. The third-order valence-corrected chi connectivity index (χ3v) is 3.39. The van der Waals surface area contributed by atoms with Crippen molar-refractivity contribution in [1.82, 2.24) is 5.32 Å². The Kier molecular flexibility index (Phi) is 3.39. The van der Waals surface area contributed by atoms with Crippen LogP contribution in [0.1, 0.15) is 21.5 Å². The van der Waals surface area contributed by atoms with Gasteiger partial charge in [-0.1, -0.05) is 6.07 Å². The first-order chi connectivity index (χ1) is 10.1. The summed E-state index contributed by atoms with van der Waals surface area (Å²) in [6.07, 6.45) is 0. The van der Waals surface area contributed by atoms with E-state index in [9.17, 15) is 4.79 Å². The average Bonchev–Trinajstić information content (AvgIpc) is 2.92. The minimum Gasteiger partial charge on any atom is -0.454 e. The second kappa shape index (κ2) is 5.36. The van der Waals surface area contributed by atoms with Crippen molar-refractivity contribution in [2.75, 3.05) is 12.5 Å². The number of nitrogen functional groups attached to an aromatic ring is 1. The highest BCUT2D eigenvalue weighted by Crippen LogP contribution is 2.32. The molecule has 0 bridgehead atoms. The van der Waals surface area contributed by atoms with E-state index in [2.05, 4.69) is 5.32 Å². The number of anilines is 1. The third kappa shape index (κ3) is 2.76. The first-order valence-electron chi connectivity index (χ1n) is 6.66. The first kappa shape index (κ1) is 13.3. The van der Waals surface area contributed by atoms with Crippen LogP contribution in [0, 0.1) is 6.92 Å². The molecule has 0 saturated heterocycles. The zero-order chi connectivity index (χ0) is 14.8. The van der Waals surface area contributed by atoms with Crippen molar-refractivity contribution >= 4 is 11.6 Å². The molecule has 0 fully saturated rings. The molecule has 3 rings (SSSR count). The Morgan fingerprint density at radius 3 is 2.81 bits per heavy atom. The second-order valence-corrected chi connectivity index (χ2v) is 4.94. The summed E-state index contributed by atoms with van der Waals surface area (Å²) < 4.78 is 10.6. The molecule has 0 radical (unpaired) electrons. The van der Waals surface area contributed by atoms with E-state index in [1.165, 1.54) is 0 Å². The lowest BCUT2D eigenvalue weighted by atomic mass is 10.1. The van der Waals surface area contributed by atoms with Gasteiger partial charge in [0.15, 0.2) is 11.5 Å². The maximum atomic E-state index is 12.2. The number of hydrogen-bond acceptors (Lipinski definition) is 4. The Balaban J connectivity index is 1.68. The fourth-order valence-electron chi connectivity index (χ4n) is 2.27. The van der Waals surface area contributed by atoms with Gasteiger partial charge in [-0.05, 0) is 48.4 Å². The molecule has 0 atom stereocenters. The van der Waals surface area contributed by atoms with Crippen molar-refractivity contribution in [2.24, 2.45) is 0 Å². The highest BCUT2D eigenvalue weighted by Gasteiger charge is 2.14. The van der Waals surface area contributed by atoms with Crippen LogP contribution in [-0.2, 0) is 6.54 Å². The molecule has 1 heterocycles. The number of aryl methyl sites for hydroxylation is 1. The van der Waals surface area contributed by atoms with Crippen LogP contribution >= 0.6 is 0 Å². The molecule has 0 aliphatic carbocycles. The molecule has 2 aromatic rings. The zero-order valence-electron chi connectivity index (χ0n) is 11.7. The Bertz CT molecular complexity index is 698. The summed E-state index contributed by atoms with van der Waals surface area (Å²) in [6.45, 7) is 2.54. The maximum Gasteiger partial charge on any atom is 0.251 e. The number of rotatable bonds is 3. The molecule has 0 spiro atoms. The molecular weight excluding hydrogens is 268 g/mol. The third-order valence-electron chi connectivity index (χ3n) is 3.39. The normalized spacial score (nSPS) is 12.2. The molecule has 1 aliphatic rings. The summed E-state index contributed by atoms with van der Waals surface area (Å²) in [7, 11) is 0. The highest BCUT2D eigenvalue weighted by atomic mass is 16.7. The molecule has 3 N–H and O–H groups in total. The maximum absolute atomic E-state index is 12.2. The average molecular weight is 284 g/mol. The SMILES string of the molecule is Cc1cc(N)ccc1C(=O)NCc1ccc2c(c1)OCO2. The van der Waals surface area contributed by atoms with Gasteiger partial charge in [-0.15, -0.1) is 0 Å². The summed E-state index contributed by atoms with van der Waals surface area (Å²) in [5.74, 6) is 1.33. The molecule has 2 aromatic carbocycles. The van der Waals surface area contributed by atoms with E-state index in [-0.39, 0.29) is 12.7 Å². The molecule has 5 nitrogen and oxygen atoms in total. The van der Waals surface area contributed by atoms with Crippen molar-refractivity contribution in [3.63, 3.8) is 0 Å². The van der Waals surface area contributed by atoms with Crippen LogP contribution in [-0.4, -0.2) is 12.7 Å². The number of amides is 1. The Labute approximate surface area is 122 Å². The van der Waals surface area contributed by atoms with Crippen LogP contribution in [0.5, 0.6) is 11.5 Å². The molecule has 21 heavy (non-hydrogen) atoms. The summed E-state index contributed by atoms with van der Waals surface area (Å²) in [4.78, 5) is 12.2. The van der Waals surface area contributed by atoms with E-state index in [0.717, 1.165) is 16.9 Å². The molecule has 108 valence electrons. The molecule has 0 aromatic heterocycles. The fourth-order valence-corrected chi connectivity index (χ4v) is 2.27. The standard InChI is InChI=1S/C16H16N2O3/c1-10-6-12(17)3-4-13(10)16(19)18-8-11-2-5-14-15(7-11)21-9-20-14/h2-7H,8-9,17H2,1H3,(H,18,19). The molecule has 0 saturated carbocycles. The van der Waals surface area contributed by atoms with Gasteiger partial charge in [-0.3, -0.25) is 4.79 Å². The number of ether oxygens (including phenoxy) is 2. The van der Waals surface area contributed by atoms with E-state index in [1.807, 2.05) is 25.1 Å². The van der Waals surface area contributed by atoms with E-state index >= 15 is 0 Å². The minimum atomic E-state index is -0.120. The van der Waals surface area contributed by atoms with Crippen molar-refractivity contribution < 1.29 is 14.3 Å². The van der Waals surface area contributed by atoms with E-state index < -0.39 is 0 Å². The van der Waals surface area contributed by atoms with Crippen LogP contribution in [0.3, 0.4) is 0 Å². The minimum absolute atomic E-state index is 0.120. The van der Waals surface area contributed by atoms with Crippen LogP contribution in [0.25, 0.3) is 0 Å². The van der Waals surface area contributed by atoms with Gasteiger partial charge >= 0.3 is 0 Å². The molecule has 1 amide bonds. The summed E-state index contributed by atoms with van der Waals surface area (Å²) in [5.41, 5.74) is 8.79. The van der Waals surface area contributed by atoms with Crippen LogP contribution in [0.2, 0.25) is 0 Å². The molecule has 5 heteroatoms. The molecule has 1 aliphatic heterocycles. The number of carbonyl (C=O) groups is 1. The summed E-state index contributed by atoms with van der Waals surface area (Å²) in [6, 6.07) is 10.9. The predicted octanol–water partition coefficient (Wildman–Crippen LogP) is 2.24. The lowest BCUT2D eigenvalue weighted by molar-refractivity contribution is 0.0950. The van der Waals surface area contributed by atoms with Gasteiger partial charge in [0.2, 0.25) is 6.79 Å². The lowest BCUT2D eigenvalue weighted by Crippen LogP contribution is -2.23. The number of hydrogen-bond donors (Lipinski definition) is 2. The molecular formula is C16H16N2O3. The lowest BCUT2D eigenvalue weighted by Gasteiger charge is -2.09. The summed E-state index contributed by atoms with van der Waals surface area (Å²) in [5, 5.41) is 2.89.